The summed E-state index contributed by atoms with van der Waals surface area (Å²) in [5, 5.41) is 6.55. The van der Waals surface area contributed by atoms with E-state index in [9.17, 15) is 34.4 Å². The third kappa shape index (κ3) is 10.9. The van der Waals surface area contributed by atoms with E-state index < -0.39 is 44.7 Å². The molecule has 2 fully saturated rings. The summed E-state index contributed by atoms with van der Waals surface area (Å²) in [6.45, 7) is 13.2. The van der Waals surface area contributed by atoms with Crippen LogP contribution in [0.4, 0.5) is 40.6 Å². The Morgan fingerprint density at radius 2 is 0.875 bits per heavy atom. The molecule has 6 rings (SSSR count). The maximum absolute atomic E-state index is 12.8. The molecule has 2 saturated heterocycles. The Hall–Kier alpha value is -4.52. The van der Waals surface area contributed by atoms with Gasteiger partial charge in [-0.25, -0.2) is 44.4 Å². The van der Waals surface area contributed by atoms with Gasteiger partial charge in [-0.1, -0.05) is 38.1 Å². The molecular weight excluding hydrogens is 773 g/mol. The van der Waals surface area contributed by atoms with Gasteiger partial charge >= 0.3 is 0 Å². The number of piperazine rings is 2. The van der Waals surface area contributed by atoms with E-state index in [-0.39, 0.29) is 9.79 Å². The van der Waals surface area contributed by atoms with Crippen molar-refractivity contribution in [2.45, 2.75) is 62.2 Å². The van der Waals surface area contributed by atoms with Crippen LogP contribution >= 0.6 is 0 Å². The molecule has 2 aromatic carbocycles. The van der Waals surface area contributed by atoms with Crippen LogP contribution in [0.3, 0.4) is 0 Å². The van der Waals surface area contributed by atoms with Crippen molar-refractivity contribution in [3.8, 4) is 0 Å². The number of hydrogen-bond donors (Lipinski definition) is 4. The first-order valence-corrected chi connectivity index (χ1v) is 21.2. The number of alkyl halides is 4. The van der Waals surface area contributed by atoms with Crippen LogP contribution in [0.25, 0.3) is 0 Å². The first kappa shape index (κ1) is 42.6. The fourth-order valence-corrected chi connectivity index (χ4v) is 8.29. The average Bonchev–Trinajstić information content (AvgIpc) is 3.19. The summed E-state index contributed by atoms with van der Waals surface area (Å²) in [5.74, 6) is -0.276. The third-order valence-electron chi connectivity index (χ3n) is 9.70. The SMILES string of the molecule is Cc1nc(N2CCNCC2)ccc1NS(=O)(=O)c1ccc(C(C)C(F)F)cc1.Cc1nc(N2CCNCC2)ccc1NS(=O)(=O)c1ccc([C@H](C)C(F)F)cc1. The Bertz CT molecular complexity index is 1980. The number of anilines is 4. The molecule has 12 nitrogen and oxygen atoms in total. The van der Waals surface area contributed by atoms with Gasteiger partial charge in [-0.2, -0.15) is 0 Å². The van der Waals surface area contributed by atoms with Crippen LogP contribution in [-0.4, -0.2) is 92.0 Å². The van der Waals surface area contributed by atoms with Gasteiger partial charge in [0.25, 0.3) is 20.0 Å². The van der Waals surface area contributed by atoms with Gasteiger partial charge in [-0.3, -0.25) is 9.44 Å². The Morgan fingerprint density at radius 3 is 1.16 bits per heavy atom. The lowest BCUT2D eigenvalue weighted by atomic mass is 10.0. The molecule has 4 heterocycles. The number of rotatable bonds is 12. The highest BCUT2D eigenvalue weighted by molar-refractivity contribution is 7.93. The number of aryl methyl sites for hydroxylation is 2. The number of halogens is 4. The van der Waals surface area contributed by atoms with Crippen LogP contribution in [0, 0.1) is 13.8 Å². The van der Waals surface area contributed by atoms with Crippen molar-refractivity contribution in [2.24, 2.45) is 0 Å². The monoisotopic (exact) mass is 820 g/mol. The van der Waals surface area contributed by atoms with Crippen LogP contribution in [-0.2, 0) is 20.0 Å². The highest BCUT2D eigenvalue weighted by Crippen LogP contribution is 2.28. The molecule has 0 bridgehead atoms. The van der Waals surface area contributed by atoms with Crippen LogP contribution in [0.15, 0.2) is 82.6 Å². The molecule has 56 heavy (non-hydrogen) atoms. The number of nitrogens with one attached hydrogen (secondary N) is 4. The summed E-state index contributed by atoms with van der Waals surface area (Å²) in [4.78, 5) is 13.4. The predicted octanol–water partition coefficient (Wildman–Crippen LogP) is 5.94. The zero-order valence-corrected chi connectivity index (χ0v) is 33.3. The lowest BCUT2D eigenvalue weighted by Gasteiger charge is -2.28. The molecule has 0 spiro atoms. The number of benzene rings is 2. The Kier molecular flexibility index (Phi) is 14.2. The predicted molar refractivity (Wildman–Crippen MR) is 211 cm³/mol. The van der Waals surface area contributed by atoms with Crippen LogP contribution in [0.1, 0.15) is 48.2 Å². The molecule has 2 aliphatic rings. The van der Waals surface area contributed by atoms with Gasteiger partial charge in [0.2, 0.25) is 12.9 Å². The summed E-state index contributed by atoms with van der Waals surface area (Å²) in [6.07, 6.45) is -4.99. The highest BCUT2D eigenvalue weighted by atomic mass is 32.2. The Balaban J connectivity index is 0.000000214. The molecule has 4 aromatic rings. The van der Waals surface area contributed by atoms with Crippen LogP contribution in [0.5, 0.6) is 0 Å². The second-order valence-electron chi connectivity index (χ2n) is 13.7. The molecule has 0 amide bonds. The molecular formula is C38H48F4N8O4S2. The Labute approximate surface area is 326 Å². The number of aromatic nitrogens is 2. The molecule has 2 aliphatic heterocycles. The van der Waals surface area contributed by atoms with E-state index >= 15 is 0 Å². The van der Waals surface area contributed by atoms with Crippen molar-refractivity contribution in [2.75, 3.05) is 71.6 Å². The van der Waals surface area contributed by atoms with Crippen molar-refractivity contribution >= 4 is 43.1 Å². The molecule has 0 saturated carbocycles. The first-order chi connectivity index (χ1) is 26.6. The minimum absolute atomic E-state index is 0.0169. The van der Waals surface area contributed by atoms with Crippen molar-refractivity contribution in [1.82, 2.24) is 20.6 Å². The van der Waals surface area contributed by atoms with Crippen molar-refractivity contribution in [3.05, 3.63) is 95.3 Å². The van der Waals surface area contributed by atoms with Crippen molar-refractivity contribution in [3.63, 3.8) is 0 Å². The summed E-state index contributed by atoms with van der Waals surface area (Å²) >= 11 is 0. The Morgan fingerprint density at radius 1 is 0.554 bits per heavy atom. The van der Waals surface area contributed by atoms with Gasteiger partial charge in [0.1, 0.15) is 11.6 Å². The quantitative estimate of drug-likeness (QED) is 0.127. The third-order valence-corrected chi connectivity index (χ3v) is 12.5. The molecule has 2 aromatic heterocycles. The van der Waals surface area contributed by atoms with Gasteiger partial charge in [0, 0.05) is 64.2 Å². The summed E-state index contributed by atoms with van der Waals surface area (Å²) in [5.41, 5.74) is 2.72. The van der Waals surface area contributed by atoms with E-state index in [1.807, 2.05) is 0 Å². The van der Waals surface area contributed by atoms with E-state index in [1.54, 1.807) is 38.1 Å². The van der Waals surface area contributed by atoms with Gasteiger partial charge in [-0.15, -0.1) is 0 Å². The smallest absolute Gasteiger partial charge is 0.261 e. The molecule has 0 aliphatic carbocycles. The van der Waals surface area contributed by atoms with Crippen molar-refractivity contribution in [1.29, 1.82) is 0 Å². The second kappa shape index (κ2) is 18.6. The first-order valence-electron chi connectivity index (χ1n) is 18.2. The summed E-state index contributed by atoms with van der Waals surface area (Å²) in [7, 11) is -7.67. The van der Waals surface area contributed by atoms with E-state index in [4.69, 9.17) is 0 Å². The molecule has 304 valence electrons. The lowest BCUT2D eigenvalue weighted by Crippen LogP contribution is -2.43. The lowest BCUT2D eigenvalue weighted by molar-refractivity contribution is 0.120. The van der Waals surface area contributed by atoms with E-state index in [2.05, 4.69) is 39.8 Å². The minimum Gasteiger partial charge on any atom is -0.354 e. The maximum Gasteiger partial charge on any atom is 0.261 e. The number of hydrogen-bond acceptors (Lipinski definition) is 10. The van der Waals surface area contributed by atoms with E-state index in [0.717, 1.165) is 64.0 Å². The second-order valence-corrected chi connectivity index (χ2v) is 17.0. The molecule has 4 N–H and O–H groups in total. The van der Waals surface area contributed by atoms with Crippen LogP contribution < -0.4 is 29.9 Å². The van der Waals surface area contributed by atoms with Crippen molar-refractivity contribution < 1.29 is 34.4 Å². The van der Waals surface area contributed by atoms with Gasteiger partial charge in [-0.05, 0) is 73.5 Å². The van der Waals surface area contributed by atoms with Gasteiger partial charge in [0.05, 0.1) is 32.6 Å². The molecule has 18 heteroatoms. The zero-order chi connectivity index (χ0) is 40.6. The fraction of sp³-hybridized carbons (Fsp3) is 0.421. The highest BCUT2D eigenvalue weighted by Gasteiger charge is 2.22. The summed E-state index contributed by atoms with van der Waals surface area (Å²) in [6, 6.07) is 18.0. The van der Waals surface area contributed by atoms with E-state index in [0.29, 0.717) is 33.9 Å². The zero-order valence-electron chi connectivity index (χ0n) is 31.6. The maximum atomic E-state index is 12.8. The van der Waals surface area contributed by atoms with E-state index in [1.165, 1.54) is 62.4 Å². The largest absolute Gasteiger partial charge is 0.354 e. The fourth-order valence-electron chi connectivity index (χ4n) is 6.05. The number of sulfonamides is 2. The van der Waals surface area contributed by atoms with Gasteiger partial charge < -0.3 is 20.4 Å². The number of pyridine rings is 2. The summed E-state index contributed by atoms with van der Waals surface area (Å²) < 4.78 is 107. The molecule has 0 radical (unpaired) electrons. The average molecular weight is 821 g/mol. The topological polar surface area (TPSA) is 149 Å². The molecule has 1 unspecified atom stereocenters. The van der Waals surface area contributed by atoms with Crippen LogP contribution in [0.2, 0.25) is 0 Å². The normalized spacial score (nSPS) is 16.2. The molecule has 2 atom stereocenters. The minimum atomic E-state index is -3.84. The number of nitrogens with zero attached hydrogens (tertiary/aromatic N) is 4. The standard InChI is InChI=1S/2C19H24F2N4O2S/c2*1-13(19(20)21)15-3-5-16(6-4-15)28(26,27)24-17-7-8-18(23-14(17)2)25-11-9-22-10-12-25/h2*3-8,13,19,22,24H,9-12H2,1-2H3/t13-;/m0./s1. The van der Waals surface area contributed by atoms with Gasteiger partial charge in [0.15, 0.2) is 0 Å².